The SMILES string of the molecule is O=C1CCCN(S(=O)(=O)Cc2ccc(Cl)cc2F)CCNC(=O)[C@H](Cc2ccccc2)NC(=O)c2cc(ccn2)NCCN1. The number of carbonyl (C=O) groups is 3. The molecule has 234 valence electrons. The first-order chi connectivity index (χ1) is 21.1. The summed E-state index contributed by atoms with van der Waals surface area (Å²) in [5, 5.41) is 11.5. The highest BCUT2D eigenvalue weighted by molar-refractivity contribution is 7.88. The van der Waals surface area contributed by atoms with E-state index in [0.29, 0.717) is 12.2 Å². The number of pyridine rings is 1. The molecular formula is C30H34ClFN6O5S. The molecule has 0 saturated heterocycles. The van der Waals surface area contributed by atoms with Crippen LogP contribution in [0.15, 0.2) is 66.9 Å². The lowest BCUT2D eigenvalue weighted by Crippen LogP contribution is -2.50. The summed E-state index contributed by atoms with van der Waals surface area (Å²) in [6, 6.07) is 15.1. The fourth-order valence-corrected chi connectivity index (χ4v) is 6.36. The number of hydrogen-bond acceptors (Lipinski definition) is 7. The zero-order valence-corrected chi connectivity index (χ0v) is 25.5. The number of fused-ring (bicyclic) bond motifs is 2. The molecule has 1 aliphatic rings. The topological polar surface area (TPSA) is 150 Å². The third-order valence-corrected chi connectivity index (χ3v) is 8.95. The molecular weight excluding hydrogens is 611 g/mol. The minimum absolute atomic E-state index is 0.0270. The van der Waals surface area contributed by atoms with Crippen LogP contribution in [0.2, 0.25) is 5.02 Å². The summed E-state index contributed by atoms with van der Waals surface area (Å²) in [7, 11) is -4.06. The van der Waals surface area contributed by atoms with Gasteiger partial charge in [0.15, 0.2) is 0 Å². The molecule has 3 amide bonds. The molecule has 1 aromatic heterocycles. The van der Waals surface area contributed by atoms with E-state index in [1.807, 2.05) is 30.3 Å². The van der Waals surface area contributed by atoms with Crippen LogP contribution in [0.3, 0.4) is 0 Å². The van der Waals surface area contributed by atoms with E-state index >= 15 is 0 Å². The molecule has 2 heterocycles. The van der Waals surface area contributed by atoms with Crippen LogP contribution >= 0.6 is 11.6 Å². The van der Waals surface area contributed by atoms with Crippen molar-refractivity contribution in [2.75, 3.05) is 38.0 Å². The van der Waals surface area contributed by atoms with Gasteiger partial charge in [-0.3, -0.25) is 19.4 Å². The van der Waals surface area contributed by atoms with Gasteiger partial charge in [0.25, 0.3) is 5.91 Å². The van der Waals surface area contributed by atoms with Crippen molar-refractivity contribution in [3.8, 4) is 0 Å². The van der Waals surface area contributed by atoms with Gasteiger partial charge in [-0.15, -0.1) is 0 Å². The predicted molar refractivity (Wildman–Crippen MR) is 165 cm³/mol. The highest BCUT2D eigenvalue weighted by atomic mass is 35.5. The molecule has 0 fully saturated rings. The molecule has 1 atom stereocenters. The Hall–Kier alpha value is -4.07. The van der Waals surface area contributed by atoms with Crippen LogP contribution in [0.5, 0.6) is 0 Å². The van der Waals surface area contributed by atoms with Crippen molar-refractivity contribution in [3.63, 3.8) is 0 Å². The van der Waals surface area contributed by atoms with E-state index in [4.69, 9.17) is 11.6 Å². The zero-order chi connectivity index (χ0) is 31.5. The van der Waals surface area contributed by atoms with Gasteiger partial charge in [-0.05, 0) is 36.2 Å². The highest BCUT2D eigenvalue weighted by Gasteiger charge is 2.26. The zero-order valence-electron chi connectivity index (χ0n) is 23.9. The Morgan fingerprint density at radius 1 is 0.932 bits per heavy atom. The third-order valence-electron chi connectivity index (χ3n) is 6.89. The number of anilines is 1. The van der Waals surface area contributed by atoms with E-state index in [2.05, 4.69) is 26.3 Å². The number of hydrogen-bond donors (Lipinski definition) is 4. The van der Waals surface area contributed by atoms with Gasteiger partial charge in [-0.2, -0.15) is 4.31 Å². The summed E-state index contributed by atoms with van der Waals surface area (Å²) >= 11 is 5.82. The van der Waals surface area contributed by atoms with Crippen LogP contribution in [0, 0.1) is 5.82 Å². The summed E-state index contributed by atoms with van der Waals surface area (Å²) in [5.74, 6) is -2.73. The number of halogens is 2. The summed E-state index contributed by atoms with van der Waals surface area (Å²) in [6.45, 7) is 0.401. The molecule has 0 aliphatic carbocycles. The van der Waals surface area contributed by atoms with Gasteiger partial charge in [0.1, 0.15) is 17.6 Å². The van der Waals surface area contributed by atoms with Crippen LogP contribution in [0.1, 0.15) is 34.5 Å². The van der Waals surface area contributed by atoms with Crippen molar-refractivity contribution >= 4 is 45.0 Å². The molecule has 14 heteroatoms. The monoisotopic (exact) mass is 644 g/mol. The Kier molecular flexibility index (Phi) is 11.6. The molecule has 0 unspecified atom stereocenters. The van der Waals surface area contributed by atoms with Gasteiger partial charge in [0.2, 0.25) is 21.8 Å². The molecule has 4 N–H and O–H groups in total. The first-order valence-electron chi connectivity index (χ1n) is 14.1. The van der Waals surface area contributed by atoms with E-state index in [0.717, 1.165) is 15.9 Å². The number of aromatic nitrogens is 1. The molecule has 0 saturated carbocycles. The number of nitrogens with zero attached hydrogens (tertiary/aromatic N) is 2. The normalized spacial score (nSPS) is 18.0. The summed E-state index contributed by atoms with van der Waals surface area (Å²) in [5.41, 5.74) is 1.46. The molecule has 11 nitrogen and oxygen atoms in total. The van der Waals surface area contributed by atoms with Crippen LogP contribution in [-0.2, 0) is 31.8 Å². The van der Waals surface area contributed by atoms with Crippen LogP contribution < -0.4 is 21.3 Å². The number of amides is 3. The minimum atomic E-state index is -4.06. The standard InChI is InChI=1S/C30H34ClFN6O5S/c31-23-9-8-22(25(32)18-23)20-44(42,43)38-15-4-7-28(39)35-13-12-33-24-10-11-34-26(19-24)30(41)37-27(29(40)36-14-16-38)17-21-5-2-1-3-6-21/h1-3,5-6,8-11,18-19,27,33H,4,7,12-17,20H2,(H,35,39)(H,36,40)(H,37,41)/t27-/m0/s1. The lowest BCUT2D eigenvalue weighted by atomic mass is 10.0. The predicted octanol–water partition coefficient (Wildman–Crippen LogP) is 2.49. The first kappa shape index (κ1) is 32.8. The maximum Gasteiger partial charge on any atom is 0.270 e. The lowest BCUT2D eigenvalue weighted by molar-refractivity contribution is -0.123. The molecule has 4 rings (SSSR count). The van der Waals surface area contributed by atoms with Crippen LogP contribution in [-0.4, -0.2) is 74.2 Å². The van der Waals surface area contributed by atoms with Crippen molar-refractivity contribution < 1.29 is 27.2 Å². The van der Waals surface area contributed by atoms with Crippen LogP contribution in [0.25, 0.3) is 0 Å². The second-order valence-corrected chi connectivity index (χ2v) is 12.6. The maximum absolute atomic E-state index is 14.5. The largest absolute Gasteiger partial charge is 0.383 e. The van der Waals surface area contributed by atoms with Gasteiger partial charge in [-0.25, -0.2) is 12.8 Å². The first-order valence-corrected chi connectivity index (χ1v) is 16.1. The average Bonchev–Trinajstić information content (AvgIpc) is 2.99. The fourth-order valence-electron chi connectivity index (χ4n) is 4.61. The molecule has 3 aromatic rings. The average molecular weight is 645 g/mol. The van der Waals surface area contributed by atoms with Crippen molar-refractivity contribution in [2.45, 2.75) is 31.1 Å². The van der Waals surface area contributed by atoms with Gasteiger partial charge >= 0.3 is 0 Å². The van der Waals surface area contributed by atoms with Gasteiger partial charge in [0, 0.05) is 68.0 Å². The second-order valence-electron chi connectivity index (χ2n) is 10.2. The van der Waals surface area contributed by atoms with E-state index in [1.54, 1.807) is 12.1 Å². The maximum atomic E-state index is 14.5. The molecule has 2 aromatic carbocycles. The number of carbonyl (C=O) groups excluding carboxylic acids is 3. The highest BCUT2D eigenvalue weighted by Crippen LogP contribution is 2.19. The van der Waals surface area contributed by atoms with Gasteiger partial charge in [0.05, 0.1) is 5.75 Å². The summed E-state index contributed by atoms with van der Waals surface area (Å²) < 4.78 is 42.4. The number of nitrogens with one attached hydrogen (secondary N) is 4. The summed E-state index contributed by atoms with van der Waals surface area (Å²) in [4.78, 5) is 43.0. The lowest BCUT2D eigenvalue weighted by Gasteiger charge is -2.24. The van der Waals surface area contributed by atoms with E-state index in [9.17, 15) is 27.2 Å². The molecule has 1 aliphatic heterocycles. The van der Waals surface area contributed by atoms with Gasteiger partial charge < -0.3 is 21.3 Å². The Labute approximate surface area is 260 Å². The molecule has 44 heavy (non-hydrogen) atoms. The Balaban J connectivity index is 1.55. The quantitative estimate of drug-likeness (QED) is 0.333. The number of benzene rings is 2. The fraction of sp³-hybridized carbons (Fsp3) is 0.333. The number of sulfonamides is 1. The van der Waals surface area contributed by atoms with Crippen molar-refractivity contribution in [1.29, 1.82) is 0 Å². The molecule has 2 bridgehead atoms. The second kappa shape index (κ2) is 15.6. The van der Waals surface area contributed by atoms with Crippen LogP contribution in [0.4, 0.5) is 10.1 Å². The Morgan fingerprint density at radius 2 is 1.70 bits per heavy atom. The molecule has 0 spiro atoms. The Morgan fingerprint density at radius 3 is 2.48 bits per heavy atom. The van der Waals surface area contributed by atoms with Crippen molar-refractivity contribution in [3.05, 3.63) is 94.5 Å². The molecule has 0 radical (unpaired) electrons. The van der Waals surface area contributed by atoms with E-state index in [-0.39, 0.29) is 67.6 Å². The smallest absolute Gasteiger partial charge is 0.270 e. The third kappa shape index (κ3) is 9.73. The van der Waals surface area contributed by atoms with E-state index < -0.39 is 39.4 Å². The number of rotatable bonds is 5. The van der Waals surface area contributed by atoms with Crippen molar-refractivity contribution in [1.82, 2.24) is 25.2 Å². The van der Waals surface area contributed by atoms with Crippen molar-refractivity contribution in [2.24, 2.45) is 0 Å². The van der Waals surface area contributed by atoms with Gasteiger partial charge in [-0.1, -0.05) is 48.0 Å². The summed E-state index contributed by atoms with van der Waals surface area (Å²) in [6.07, 6.45) is 1.91. The Bertz CT molecular complexity index is 1580. The minimum Gasteiger partial charge on any atom is -0.383 e. The van der Waals surface area contributed by atoms with E-state index in [1.165, 1.54) is 18.3 Å².